The first-order valence-corrected chi connectivity index (χ1v) is 8.52. The molecule has 1 aliphatic rings. The average molecular weight is 310 g/mol. The molecule has 0 bridgehead atoms. The van der Waals surface area contributed by atoms with Crippen molar-refractivity contribution in [2.24, 2.45) is 0 Å². The van der Waals surface area contributed by atoms with E-state index in [-0.39, 0.29) is 35.8 Å². The summed E-state index contributed by atoms with van der Waals surface area (Å²) in [6.45, 7) is 1.51. The fraction of sp³-hybridized carbons (Fsp3) is 0.429. The van der Waals surface area contributed by atoms with Gasteiger partial charge < -0.3 is 10.6 Å². The van der Waals surface area contributed by atoms with Crippen molar-refractivity contribution in [1.82, 2.24) is 5.32 Å². The summed E-state index contributed by atoms with van der Waals surface area (Å²) in [5, 5.41) is 5.62. The quantitative estimate of drug-likeness (QED) is 0.777. The van der Waals surface area contributed by atoms with Crippen LogP contribution in [0.5, 0.6) is 0 Å². The Kier molecular flexibility index (Phi) is 4.74. The lowest BCUT2D eigenvalue weighted by molar-refractivity contribution is -0.115. The van der Waals surface area contributed by atoms with Crippen LogP contribution in [0.1, 0.15) is 23.7 Å². The van der Waals surface area contributed by atoms with Crippen LogP contribution < -0.4 is 10.6 Å². The zero-order chi connectivity index (χ0) is 15.5. The van der Waals surface area contributed by atoms with Crippen molar-refractivity contribution in [2.75, 3.05) is 23.4 Å². The van der Waals surface area contributed by atoms with Crippen molar-refractivity contribution in [3.8, 4) is 0 Å². The number of carbonyl (C=O) groups is 2. The summed E-state index contributed by atoms with van der Waals surface area (Å²) in [5.74, 6) is -0.0760. The predicted octanol–water partition coefficient (Wildman–Crippen LogP) is 0.604. The van der Waals surface area contributed by atoms with E-state index in [0.717, 1.165) is 0 Å². The molecule has 1 aromatic rings. The smallest absolute Gasteiger partial charge is 0.238 e. The average Bonchev–Trinajstić information content (AvgIpc) is 2.76. The molecule has 1 fully saturated rings. The number of rotatable bonds is 5. The summed E-state index contributed by atoms with van der Waals surface area (Å²) < 4.78 is 22.6. The molecule has 2 rings (SSSR count). The lowest BCUT2D eigenvalue weighted by Gasteiger charge is -2.11. The molecule has 7 heteroatoms. The number of Topliss-reactive ketones (excluding diaryl/α,β-unsaturated/α-hetero) is 1. The Balaban J connectivity index is 1.85. The molecule has 1 heterocycles. The predicted molar refractivity (Wildman–Crippen MR) is 80.1 cm³/mol. The van der Waals surface area contributed by atoms with Gasteiger partial charge in [-0.25, -0.2) is 8.42 Å². The molecule has 1 aliphatic heterocycles. The molecule has 0 spiro atoms. The second kappa shape index (κ2) is 6.36. The summed E-state index contributed by atoms with van der Waals surface area (Å²) in [4.78, 5) is 23.1. The van der Waals surface area contributed by atoms with E-state index in [1.165, 1.54) is 6.92 Å². The number of amides is 1. The van der Waals surface area contributed by atoms with Crippen LogP contribution in [0.2, 0.25) is 0 Å². The van der Waals surface area contributed by atoms with E-state index in [1.807, 2.05) is 0 Å². The number of carbonyl (C=O) groups excluding carboxylic acids is 2. The number of anilines is 1. The molecule has 114 valence electrons. The summed E-state index contributed by atoms with van der Waals surface area (Å²) in [6, 6.07) is 6.53. The first kappa shape index (κ1) is 15.7. The molecule has 1 aromatic carbocycles. The van der Waals surface area contributed by atoms with Crippen molar-refractivity contribution in [1.29, 1.82) is 0 Å². The molecule has 21 heavy (non-hydrogen) atoms. The molecule has 1 saturated heterocycles. The van der Waals surface area contributed by atoms with Gasteiger partial charge >= 0.3 is 0 Å². The highest BCUT2D eigenvalue weighted by Crippen LogP contribution is 2.12. The maximum Gasteiger partial charge on any atom is 0.238 e. The van der Waals surface area contributed by atoms with Gasteiger partial charge in [0, 0.05) is 17.3 Å². The van der Waals surface area contributed by atoms with Crippen LogP contribution in [0.25, 0.3) is 0 Å². The van der Waals surface area contributed by atoms with Crippen molar-refractivity contribution in [3.63, 3.8) is 0 Å². The highest BCUT2D eigenvalue weighted by Gasteiger charge is 2.27. The summed E-state index contributed by atoms with van der Waals surface area (Å²) in [7, 11) is -2.95. The first-order chi connectivity index (χ1) is 9.85. The van der Waals surface area contributed by atoms with E-state index in [2.05, 4.69) is 10.6 Å². The minimum atomic E-state index is -2.95. The van der Waals surface area contributed by atoms with Gasteiger partial charge in [0.1, 0.15) is 0 Å². The molecule has 6 nitrogen and oxygen atoms in total. The van der Waals surface area contributed by atoms with Gasteiger partial charge in [-0.05, 0) is 25.5 Å². The summed E-state index contributed by atoms with van der Waals surface area (Å²) in [6.07, 6.45) is 0.537. The number of sulfone groups is 1. The fourth-order valence-electron chi connectivity index (χ4n) is 2.21. The van der Waals surface area contributed by atoms with Crippen LogP contribution in [-0.2, 0) is 14.6 Å². The van der Waals surface area contributed by atoms with Gasteiger partial charge in [0.15, 0.2) is 15.6 Å². The topological polar surface area (TPSA) is 92.3 Å². The molecule has 0 radical (unpaired) electrons. The van der Waals surface area contributed by atoms with Crippen LogP contribution >= 0.6 is 0 Å². The van der Waals surface area contributed by atoms with Crippen LogP contribution in [0.3, 0.4) is 0 Å². The molecule has 1 unspecified atom stereocenters. The van der Waals surface area contributed by atoms with Gasteiger partial charge in [0.05, 0.1) is 18.1 Å². The van der Waals surface area contributed by atoms with Crippen molar-refractivity contribution >= 4 is 27.2 Å². The Morgan fingerprint density at radius 1 is 1.33 bits per heavy atom. The minimum absolute atomic E-state index is 0.0461. The van der Waals surface area contributed by atoms with E-state index in [9.17, 15) is 18.0 Å². The maximum atomic E-state index is 11.8. The second-order valence-corrected chi connectivity index (χ2v) is 7.39. The third-order valence-corrected chi connectivity index (χ3v) is 5.10. The van der Waals surface area contributed by atoms with Crippen LogP contribution in [0, 0.1) is 0 Å². The standard InChI is InChI=1S/C14H18N2O4S/c1-10(17)11-3-2-4-12(7-11)16-14(18)8-15-13-5-6-21(19,20)9-13/h2-4,7,13,15H,5-6,8-9H2,1H3,(H,16,18). The van der Waals surface area contributed by atoms with Gasteiger partial charge in [-0.3, -0.25) is 9.59 Å². The highest BCUT2D eigenvalue weighted by molar-refractivity contribution is 7.91. The van der Waals surface area contributed by atoms with E-state index in [1.54, 1.807) is 24.3 Å². The van der Waals surface area contributed by atoms with E-state index >= 15 is 0 Å². The Morgan fingerprint density at radius 3 is 2.71 bits per heavy atom. The Morgan fingerprint density at radius 2 is 2.10 bits per heavy atom. The number of ketones is 1. The molecule has 2 N–H and O–H groups in total. The zero-order valence-electron chi connectivity index (χ0n) is 11.8. The van der Waals surface area contributed by atoms with E-state index in [0.29, 0.717) is 17.7 Å². The third-order valence-electron chi connectivity index (χ3n) is 3.34. The number of nitrogens with one attached hydrogen (secondary N) is 2. The monoisotopic (exact) mass is 310 g/mol. The Bertz CT molecular complexity index is 655. The zero-order valence-corrected chi connectivity index (χ0v) is 12.6. The number of hydrogen-bond donors (Lipinski definition) is 2. The highest BCUT2D eigenvalue weighted by atomic mass is 32.2. The molecular formula is C14H18N2O4S. The molecule has 0 aromatic heterocycles. The largest absolute Gasteiger partial charge is 0.325 e. The SMILES string of the molecule is CC(=O)c1cccc(NC(=O)CNC2CCS(=O)(=O)C2)c1. The number of hydrogen-bond acceptors (Lipinski definition) is 5. The van der Waals surface area contributed by atoms with Crippen LogP contribution in [0.4, 0.5) is 5.69 Å². The van der Waals surface area contributed by atoms with Crippen LogP contribution in [0.15, 0.2) is 24.3 Å². The molecule has 0 saturated carbocycles. The summed E-state index contributed by atoms with van der Waals surface area (Å²) in [5.41, 5.74) is 1.08. The van der Waals surface area contributed by atoms with Crippen molar-refractivity contribution in [2.45, 2.75) is 19.4 Å². The van der Waals surface area contributed by atoms with Gasteiger partial charge in [-0.1, -0.05) is 12.1 Å². The summed E-state index contributed by atoms with van der Waals surface area (Å²) >= 11 is 0. The lowest BCUT2D eigenvalue weighted by Crippen LogP contribution is -2.36. The van der Waals surface area contributed by atoms with Gasteiger partial charge in [0.2, 0.25) is 5.91 Å². The molecule has 1 amide bonds. The van der Waals surface area contributed by atoms with E-state index in [4.69, 9.17) is 0 Å². The lowest BCUT2D eigenvalue weighted by atomic mass is 10.1. The van der Waals surface area contributed by atoms with Gasteiger partial charge in [0.25, 0.3) is 0 Å². The minimum Gasteiger partial charge on any atom is -0.325 e. The third kappa shape index (κ3) is 4.64. The molecule has 1 atom stereocenters. The second-order valence-electron chi connectivity index (χ2n) is 5.17. The van der Waals surface area contributed by atoms with Crippen molar-refractivity contribution in [3.05, 3.63) is 29.8 Å². The first-order valence-electron chi connectivity index (χ1n) is 6.70. The van der Waals surface area contributed by atoms with Crippen molar-refractivity contribution < 1.29 is 18.0 Å². The Hall–Kier alpha value is -1.73. The number of benzene rings is 1. The maximum absolute atomic E-state index is 11.8. The fourth-order valence-corrected chi connectivity index (χ4v) is 3.92. The normalized spacial score (nSPS) is 20.1. The van der Waals surface area contributed by atoms with Gasteiger partial charge in [-0.15, -0.1) is 0 Å². The van der Waals surface area contributed by atoms with Gasteiger partial charge in [-0.2, -0.15) is 0 Å². The molecular weight excluding hydrogens is 292 g/mol. The van der Waals surface area contributed by atoms with Crippen LogP contribution in [-0.4, -0.2) is 44.2 Å². The van der Waals surface area contributed by atoms with E-state index < -0.39 is 9.84 Å². The molecule has 0 aliphatic carbocycles. The Labute approximate surface area is 123 Å².